The summed E-state index contributed by atoms with van der Waals surface area (Å²) < 4.78 is 34.4. The van der Waals surface area contributed by atoms with Gasteiger partial charge < -0.3 is 9.47 Å². The lowest BCUT2D eigenvalue weighted by molar-refractivity contribution is -0.123. The molecule has 2 amide bonds. The molecule has 0 fully saturated rings. The lowest BCUT2D eigenvalue weighted by Gasteiger charge is -2.12. The monoisotopic (exact) mass is 412 g/mol. The number of para-hydroxylation sites is 1. The zero-order valence-electron chi connectivity index (χ0n) is 15.7. The maximum Gasteiger partial charge on any atom is 0.387 e. The molecule has 0 heterocycles. The smallest absolute Gasteiger partial charge is 0.387 e. The number of benzene rings is 3. The molecule has 0 aliphatic heterocycles. The molecule has 0 atom stereocenters. The van der Waals surface area contributed by atoms with Crippen LogP contribution in [-0.2, 0) is 4.79 Å². The van der Waals surface area contributed by atoms with Gasteiger partial charge in [-0.05, 0) is 29.8 Å². The van der Waals surface area contributed by atoms with Crippen LogP contribution in [-0.4, -0.2) is 25.0 Å². The zero-order valence-corrected chi connectivity index (χ0v) is 15.7. The lowest BCUT2D eigenvalue weighted by Crippen LogP contribution is -2.43. The van der Waals surface area contributed by atoms with Gasteiger partial charge in [-0.15, -0.1) is 0 Å². The number of alkyl halides is 2. The second kappa shape index (κ2) is 10.0. The number of hydrazine groups is 1. The van der Waals surface area contributed by atoms with E-state index in [1.54, 1.807) is 12.1 Å². The van der Waals surface area contributed by atoms with Crippen LogP contribution in [0.5, 0.6) is 11.5 Å². The quantitative estimate of drug-likeness (QED) is 0.579. The van der Waals surface area contributed by atoms with Crippen LogP contribution in [0.3, 0.4) is 0 Å². The molecule has 30 heavy (non-hydrogen) atoms. The molecule has 3 aromatic rings. The number of halogens is 2. The summed E-state index contributed by atoms with van der Waals surface area (Å²) in [6.07, 6.45) is 0. The maximum atomic E-state index is 12.3. The third kappa shape index (κ3) is 5.78. The SMILES string of the molecule is O=C(COc1ccccc1-c1ccccc1)NNC(=O)c1cccc(OC(F)F)c1. The average Bonchev–Trinajstić information content (AvgIpc) is 2.76. The Morgan fingerprint density at radius 2 is 1.60 bits per heavy atom. The second-order valence-corrected chi connectivity index (χ2v) is 6.06. The van der Waals surface area contributed by atoms with Crippen LogP contribution >= 0.6 is 0 Å². The molecule has 3 rings (SSSR count). The van der Waals surface area contributed by atoms with E-state index in [1.807, 2.05) is 42.5 Å². The van der Waals surface area contributed by atoms with Crippen LogP contribution in [0.25, 0.3) is 11.1 Å². The van der Waals surface area contributed by atoms with Gasteiger partial charge in [0.15, 0.2) is 6.61 Å². The van der Waals surface area contributed by atoms with E-state index in [9.17, 15) is 18.4 Å². The summed E-state index contributed by atoms with van der Waals surface area (Å²) in [7, 11) is 0. The summed E-state index contributed by atoms with van der Waals surface area (Å²) in [5, 5.41) is 0. The third-order valence-corrected chi connectivity index (χ3v) is 3.97. The normalized spacial score (nSPS) is 10.4. The van der Waals surface area contributed by atoms with E-state index in [4.69, 9.17) is 4.74 Å². The third-order valence-electron chi connectivity index (χ3n) is 3.97. The van der Waals surface area contributed by atoms with E-state index in [1.165, 1.54) is 18.2 Å². The fourth-order valence-corrected chi connectivity index (χ4v) is 2.64. The average molecular weight is 412 g/mol. The number of hydrogen-bond donors (Lipinski definition) is 2. The Hall–Kier alpha value is -3.94. The Kier molecular flexibility index (Phi) is 6.94. The Labute approximate surface area is 171 Å². The highest BCUT2D eigenvalue weighted by Gasteiger charge is 2.12. The highest BCUT2D eigenvalue weighted by atomic mass is 19.3. The first-order chi connectivity index (χ1) is 14.5. The van der Waals surface area contributed by atoms with Gasteiger partial charge in [0.2, 0.25) is 0 Å². The van der Waals surface area contributed by atoms with Crippen molar-refractivity contribution in [3.8, 4) is 22.6 Å². The van der Waals surface area contributed by atoms with Gasteiger partial charge in [0, 0.05) is 11.1 Å². The van der Waals surface area contributed by atoms with Gasteiger partial charge in [0.1, 0.15) is 11.5 Å². The topological polar surface area (TPSA) is 76.7 Å². The van der Waals surface area contributed by atoms with Crippen LogP contribution < -0.4 is 20.3 Å². The highest BCUT2D eigenvalue weighted by molar-refractivity contribution is 5.95. The summed E-state index contributed by atoms with van der Waals surface area (Å²) >= 11 is 0. The molecule has 0 bridgehead atoms. The largest absolute Gasteiger partial charge is 0.483 e. The van der Waals surface area contributed by atoms with Gasteiger partial charge in [-0.25, -0.2) is 0 Å². The first-order valence-electron chi connectivity index (χ1n) is 8.94. The van der Waals surface area contributed by atoms with Crippen molar-refractivity contribution in [2.75, 3.05) is 6.61 Å². The van der Waals surface area contributed by atoms with E-state index < -0.39 is 18.4 Å². The van der Waals surface area contributed by atoms with Gasteiger partial charge in [-0.2, -0.15) is 8.78 Å². The number of hydrogen-bond acceptors (Lipinski definition) is 4. The molecule has 0 aliphatic carbocycles. The number of rotatable bonds is 7. The summed E-state index contributed by atoms with van der Waals surface area (Å²) in [4.78, 5) is 24.1. The molecule has 0 saturated heterocycles. The van der Waals surface area contributed by atoms with E-state index in [0.717, 1.165) is 17.2 Å². The van der Waals surface area contributed by atoms with Crippen LogP contribution in [0, 0.1) is 0 Å². The van der Waals surface area contributed by atoms with Crippen molar-refractivity contribution in [1.82, 2.24) is 10.9 Å². The highest BCUT2D eigenvalue weighted by Crippen LogP contribution is 2.29. The number of carbonyl (C=O) groups is 2. The van der Waals surface area contributed by atoms with Crippen LogP contribution in [0.2, 0.25) is 0 Å². The minimum absolute atomic E-state index is 0.0452. The van der Waals surface area contributed by atoms with E-state index in [0.29, 0.717) is 5.75 Å². The Bertz CT molecular complexity index is 1010. The molecule has 0 saturated carbocycles. The Balaban J connectivity index is 1.54. The minimum Gasteiger partial charge on any atom is -0.483 e. The van der Waals surface area contributed by atoms with Crippen LogP contribution in [0.15, 0.2) is 78.9 Å². The molecular formula is C22H18F2N2O4. The van der Waals surface area contributed by atoms with Crippen molar-refractivity contribution in [1.29, 1.82) is 0 Å². The molecule has 2 N–H and O–H groups in total. The van der Waals surface area contributed by atoms with Crippen molar-refractivity contribution in [2.45, 2.75) is 6.61 Å². The summed E-state index contributed by atoms with van der Waals surface area (Å²) in [6.45, 7) is -3.34. The molecule has 8 heteroatoms. The summed E-state index contributed by atoms with van der Waals surface area (Å²) in [5.41, 5.74) is 6.23. The molecule has 6 nitrogen and oxygen atoms in total. The predicted molar refractivity (Wildman–Crippen MR) is 106 cm³/mol. The van der Waals surface area contributed by atoms with E-state index in [-0.39, 0.29) is 17.9 Å². The van der Waals surface area contributed by atoms with Crippen molar-refractivity contribution in [2.24, 2.45) is 0 Å². The molecule has 0 radical (unpaired) electrons. The minimum atomic E-state index is -3.00. The maximum absolute atomic E-state index is 12.3. The zero-order chi connectivity index (χ0) is 21.3. The standard InChI is InChI=1S/C22H18F2N2O4/c23-22(24)30-17-10-6-9-16(13-17)21(28)26-25-20(27)14-29-19-12-5-4-11-18(19)15-7-2-1-3-8-15/h1-13,22H,14H2,(H,25,27)(H,26,28). The van der Waals surface area contributed by atoms with Gasteiger partial charge in [-0.1, -0.05) is 54.6 Å². The van der Waals surface area contributed by atoms with Crippen molar-refractivity contribution < 1.29 is 27.8 Å². The second-order valence-electron chi connectivity index (χ2n) is 6.06. The summed E-state index contributed by atoms with van der Waals surface area (Å²) in [6, 6.07) is 22.0. The first kappa shape index (κ1) is 20.8. The van der Waals surface area contributed by atoms with Crippen LogP contribution in [0.4, 0.5) is 8.78 Å². The Morgan fingerprint density at radius 1 is 0.867 bits per heavy atom. The van der Waals surface area contributed by atoms with Crippen molar-refractivity contribution >= 4 is 11.8 Å². The molecule has 0 unspecified atom stereocenters. The van der Waals surface area contributed by atoms with Crippen LogP contribution in [0.1, 0.15) is 10.4 Å². The number of nitrogens with one attached hydrogen (secondary N) is 2. The summed E-state index contributed by atoms with van der Waals surface area (Å²) in [5.74, 6) is -0.925. The molecular weight excluding hydrogens is 394 g/mol. The first-order valence-corrected chi connectivity index (χ1v) is 8.94. The number of amides is 2. The van der Waals surface area contributed by atoms with Crippen molar-refractivity contribution in [3.63, 3.8) is 0 Å². The Morgan fingerprint density at radius 3 is 2.37 bits per heavy atom. The van der Waals surface area contributed by atoms with Crippen molar-refractivity contribution in [3.05, 3.63) is 84.4 Å². The van der Waals surface area contributed by atoms with Gasteiger partial charge >= 0.3 is 6.61 Å². The molecule has 0 aliphatic rings. The fourth-order valence-electron chi connectivity index (χ4n) is 2.64. The fraction of sp³-hybridized carbons (Fsp3) is 0.0909. The lowest BCUT2D eigenvalue weighted by atomic mass is 10.1. The van der Waals surface area contributed by atoms with Gasteiger partial charge in [-0.3, -0.25) is 20.4 Å². The molecule has 3 aromatic carbocycles. The van der Waals surface area contributed by atoms with Gasteiger partial charge in [0.25, 0.3) is 11.8 Å². The molecule has 0 aromatic heterocycles. The predicted octanol–water partition coefficient (Wildman–Crippen LogP) is 3.80. The van der Waals surface area contributed by atoms with E-state index >= 15 is 0 Å². The molecule has 0 spiro atoms. The van der Waals surface area contributed by atoms with E-state index in [2.05, 4.69) is 15.6 Å². The van der Waals surface area contributed by atoms with Gasteiger partial charge in [0.05, 0.1) is 0 Å². The number of carbonyl (C=O) groups excluding carboxylic acids is 2. The molecule has 154 valence electrons. The number of ether oxygens (including phenoxy) is 2.